The molecule has 0 saturated carbocycles. The van der Waals surface area contributed by atoms with Gasteiger partial charge in [0.25, 0.3) is 5.91 Å². The van der Waals surface area contributed by atoms with Crippen LogP contribution in [0, 0.1) is 0 Å². The third kappa shape index (κ3) is 4.83. The number of rotatable bonds is 7. The van der Waals surface area contributed by atoms with E-state index in [4.69, 9.17) is 0 Å². The van der Waals surface area contributed by atoms with Gasteiger partial charge >= 0.3 is 0 Å². The van der Waals surface area contributed by atoms with E-state index in [-0.39, 0.29) is 11.8 Å². The first-order valence-corrected chi connectivity index (χ1v) is 6.53. The molecule has 2 amide bonds. The summed E-state index contributed by atoms with van der Waals surface area (Å²) in [6.45, 7) is 7.73. The number of nitrogens with one attached hydrogen (secondary N) is 2. The number of hydrogen-bond acceptors (Lipinski definition) is 4. The molecule has 0 atom stereocenters. The highest BCUT2D eigenvalue weighted by atomic mass is 16.2. The van der Waals surface area contributed by atoms with Crippen molar-refractivity contribution in [2.24, 2.45) is 5.10 Å². The van der Waals surface area contributed by atoms with Gasteiger partial charge in [0.05, 0.1) is 0 Å². The van der Waals surface area contributed by atoms with Crippen molar-refractivity contribution in [2.75, 3.05) is 26.2 Å². The highest BCUT2D eigenvalue weighted by molar-refractivity contribution is 6.39. The van der Waals surface area contributed by atoms with Gasteiger partial charge in [-0.15, -0.1) is 0 Å². The third-order valence-corrected chi connectivity index (χ3v) is 2.87. The molecule has 1 aliphatic rings. The molecule has 0 aromatic heterocycles. The molecule has 102 valence electrons. The summed E-state index contributed by atoms with van der Waals surface area (Å²) in [7, 11) is 0. The molecule has 0 aromatic carbocycles. The second kappa shape index (κ2) is 7.81. The molecule has 0 fully saturated rings. The van der Waals surface area contributed by atoms with Crippen molar-refractivity contribution in [1.82, 2.24) is 15.6 Å². The van der Waals surface area contributed by atoms with Crippen LogP contribution in [0.3, 0.4) is 0 Å². The second-order valence-electron chi connectivity index (χ2n) is 4.28. The number of carbonyl (C=O) groups is 2. The Morgan fingerprint density at radius 3 is 2.72 bits per heavy atom. The Hall–Kier alpha value is -1.43. The van der Waals surface area contributed by atoms with Crippen LogP contribution in [0.2, 0.25) is 0 Å². The molecule has 0 radical (unpaired) electrons. The summed E-state index contributed by atoms with van der Waals surface area (Å²) in [6.07, 6.45) is 1.87. The molecule has 0 aromatic rings. The number of carbonyl (C=O) groups excluding carboxylic acids is 2. The Morgan fingerprint density at radius 1 is 1.39 bits per heavy atom. The molecular weight excluding hydrogens is 232 g/mol. The number of hydrogen-bond donors (Lipinski definition) is 2. The Balaban J connectivity index is 2.26. The fraction of sp³-hybridized carbons (Fsp3) is 0.750. The maximum Gasteiger partial charge on any atom is 0.267 e. The van der Waals surface area contributed by atoms with Crippen molar-refractivity contribution in [3.63, 3.8) is 0 Å². The van der Waals surface area contributed by atoms with E-state index in [1.165, 1.54) is 0 Å². The van der Waals surface area contributed by atoms with Gasteiger partial charge in [-0.1, -0.05) is 13.8 Å². The van der Waals surface area contributed by atoms with E-state index in [1.807, 2.05) is 0 Å². The van der Waals surface area contributed by atoms with E-state index in [0.29, 0.717) is 25.1 Å². The Labute approximate surface area is 108 Å². The smallest absolute Gasteiger partial charge is 0.267 e. The van der Waals surface area contributed by atoms with Gasteiger partial charge < -0.3 is 10.2 Å². The van der Waals surface area contributed by atoms with Crippen LogP contribution in [0.5, 0.6) is 0 Å². The SMILES string of the molecule is CCCN(CC)CCNC(=O)C1=NNC(=O)CC1. The molecule has 0 spiro atoms. The Bertz CT molecular complexity index is 328. The molecule has 1 heterocycles. The van der Waals surface area contributed by atoms with E-state index >= 15 is 0 Å². The number of nitrogens with zero attached hydrogens (tertiary/aromatic N) is 2. The van der Waals surface area contributed by atoms with Crippen LogP contribution in [0.4, 0.5) is 0 Å². The number of amides is 2. The van der Waals surface area contributed by atoms with Crippen molar-refractivity contribution in [3.05, 3.63) is 0 Å². The van der Waals surface area contributed by atoms with Crippen LogP contribution in [-0.4, -0.2) is 48.6 Å². The molecule has 0 aliphatic carbocycles. The lowest BCUT2D eigenvalue weighted by Crippen LogP contribution is -2.40. The van der Waals surface area contributed by atoms with Crippen molar-refractivity contribution in [1.29, 1.82) is 0 Å². The van der Waals surface area contributed by atoms with Gasteiger partial charge in [0.2, 0.25) is 5.91 Å². The molecule has 2 N–H and O–H groups in total. The lowest BCUT2D eigenvalue weighted by atomic mass is 10.1. The van der Waals surface area contributed by atoms with E-state index in [2.05, 4.69) is 34.6 Å². The maximum atomic E-state index is 11.7. The number of hydrazone groups is 1. The minimum atomic E-state index is -0.178. The monoisotopic (exact) mass is 254 g/mol. The average molecular weight is 254 g/mol. The molecule has 0 unspecified atom stereocenters. The maximum absolute atomic E-state index is 11.7. The summed E-state index contributed by atoms with van der Waals surface area (Å²) < 4.78 is 0. The zero-order valence-electron chi connectivity index (χ0n) is 11.2. The van der Waals surface area contributed by atoms with Gasteiger partial charge in [-0.2, -0.15) is 5.10 Å². The average Bonchev–Trinajstić information content (AvgIpc) is 2.38. The summed E-state index contributed by atoms with van der Waals surface area (Å²) in [5, 5.41) is 6.58. The zero-order valence-corrected chi connectivity index (χ0v) is 11.2. The van der Waals surface area contributed by atoms with Gasteiger partial charge in [-0.05, 0) is 19.5 Å². The van der Waals surface area contributed by atoms with Gasteiger partial charge in [0.1, 0.15) is 5.71 Å². The summed E-state index contributed by atoms with van der Waals surface area (Å²) in [4.78, 5) is 24.9. The van der Waals surface area contributed by atoms with Crippen LogP contribution in [0.1, 0.15) is 33.1 Å². The number of likely N-dealkylation sites (N-methyl/N-ethyl adjacent to an activating group) is 1. The predicted molar refractivity (Wildman–Crippen MR) is 70.2 cm³/mol. The molecule has 1 aliphatic heterocycles. The Kier molecular flexibility index (Phi) is 6.35. The van der Waals surface area contributed by atoms with Gasteiger partial charge in [0, 0.05) is 25.9 Å². The first-order valence-electron chi connectivity index (χ1n) is 6.53. The topological polar surface area (TPSA) is 73.8 Å². The summed E-state index contributed by atoms with van der Waals surface area (Å²) >= 11 is 0. The summed E-state index contributed by atoms with van der Waals surface area (Å²) in [5.74, 6) is -0.311. The third-order valence-electron chi connectivity index (χ3n) is 2.87. The van der Waals surface area contributed by atoms with Crippen molar-refractivity contribution < 1.29 is 9.59 Å². The second-order valence-corrected chi connectivity index (χ2v) is 4.28. The normalized spacial score (nSPS) is 15.3. The van der Waals surface area contributed by atoms with Crippen molar-refractivity contribution in [3.8, 4) is 0 Å². The summed E-state index contributed by atoms with van der Waals surface area (Å²) in [6, 6.07) is 0. The standard InChI is InChI=1S/C12H22N4O2/c1-3-8-16(4-2)9-7-13-12(18)10-5-6-11(17)15-14-10/h3-9H2,1-2H3,(H,13,18)(H,15,17). The van der Waals surface area contributed by atoms with Crippen LogP contribution < -0.4 is 10.7 Å². The molecule has 0 bridgehead atoms. The van der Waals surface area contributed by atoms with Crippen LogP contribution in [0.25, 0.3) is 0 Å². The molecule has 18 heavy (non-hydrogen) atoms. The van der Waals surface area contributed by atoms with Gasteiger partial charge in [-0.3, -0.25) is 9.59 Å². The molecule has 6 heteroatoms. The molecule has 6 nitrogen and oxygen atoms in total. The first kappa shape index (κ1) is 14.6. The van der Waals surface area contributed by atoms with E-state index < -0.39 is 0 Å². The van der Waals surface area contributed by atoms with E-state index in [0.717, 1.165) is 26.1 Å². The Morgan fingerprint density at radius 2 is 2.17 bits per heavy atom. The summed E-state index contributed by atoms with van der Waals surface area (Å²) in [5.41, 5.74) is 2.73. The zero-order chi connectivity index (χ0) is 13.4. The fourth-order valence-corrected chi connectivity index (χ4v) is 1.81. The molecular formula is C12H22N4O2. The first-order chi connectivity index (χ1) is 8.67. The quantitative estimate of drug-likeness (QED) is 0.677. The lowest BCUT2D eigenvalue weighted by molar-refractivity contribution is -0.121. The fourth-order valence-electron chi connectivity index (χ4n) is 1.81. The van der Waals surface area contributed by atoms with Crippen LogP contribution >= 0.6 is 0 Å². The van der Waals surface area contributed by atoms with Crippen LogP contribution in [-0.2, 0) is 9.59 Å². The van der Waals surface area contributed by atoms with Gasteiger partial charge in [-0.25, -0.2) is 5.43 Å². The van der Waals surface area contributed by atoms with Gasteiger partial charge in [0.15, 0.2) is 0 Å². The highest BCUT2D eigenvalue weighted by Gasteiger charge is 2.17. The largest absolute Gasteiger partial charge is 0.350 e. The molecule has 0 saturated heterocycles. The minimum absolute atomic E-state index is 0.133. The highest BCUT2D eigenvalue weighted by Crippen LogP contribution is 1.99. The minimum Gasteiger partial charge on any atom is -0.350 e. The molecule has 1 rings (SSSR count). The lowest BCUT2D eigenvalue weighted by Gasteiger charge is -2.19. The predicted octanol–water partition coefficient (Wildman–Crippen LogP) is 0.101. The van der Waals surface area contributed by atoms with E-state index in [1.54, 1.807) is 0 Å². The van der Waals surface area contributed by atoms with Crippen molar-refractivity contribution >= 4 is 17.5 Å². The van der Waals surface area contributed by atoms with Crippen LogP contribution in [0.15, 0.2) is 5.10 Å². The van der Waals surface area contributed by atoms with Crippen molar-refractivity contribution in [2.45, 2.75) is 33.1 Å². The van der Waals surface area contributed by atoms with E-state index in [9.17, 15) is 9.59 Å².